The lowest BCUT2D eigenvalue weighted by atomic mass is 9.68. The molecule has 1 unspecified atom stereocenters. The molecule has 1 rings (SSSR count). The van der Waals surface area contributed by atoms with E-state index in [2.05, 4.69) is 65.0 Å². The predicted molar refractivity (Wildman–Crippen MR) is 89.7 cm³/mol. The van der Waals surface area contributed by atoms with Gasteiger partial charge in [0, 0.05) is 11.1 Å². The first-order valence-electron chi connectivity index (χ1n) is 7.99. The van der Waals surface area contributed by atoms with Gasteiger partial charge in [-0.3, -0.25) is 0 Å². The van der Waals surface area contributed by atoms with Gasteiger partial charge < -0.3 is 5.41 Å². The number of benzene rings is 1. The van der Waals surface area contributed by atoms with Crippen LogP contribution in [0, 0.1) is 10.8 Å². The Labute approximate surface area is 125 Å². The molecule has 0 heterocycles. The maximum absolute atomic E-state index is 8.48. The summed E-state index contributed by atoms with van der Waals surface area (Å²) >= 11 is 0. The molecule has 0 aromatic heterocycles. The molecule has 1 atom stereocenters. The molecule has 1 aromatic carbocycles. The lowest BCUT2D eigenvalue weighted by Gasteiger charge is -2.36. The van der Waals surface area contributed by atoms with E-state index in [0.29, 0.717) is 0 Å². The van der Waals surface area contributed by atoms with E-state index in [0.717, 1.165) is 18.6 Å². The summed E-state index contributed by atoms with van der Waals surface area (Å²) in [6.45, 7) is 11.0. The molecule has 0 aliphatic carbocycles. The minimum Gasteiger partial charge on any atom is -0.309 e. The van der Waals surface area contributed by atoms with E-state index >= 15 is 0 Å². The minimum atomic E-state index is -0.0264. The van der Waals surface area contributed by atoms with Gasteiger partial charge in [-0.1, -0.05) is 77.8 Å². The average Bonchev–Trinajstić information content (AvgIpc) is 2.43. The van der Waals surface area contributed by atoms with Gasteiger partial charge in [0.15, 0.2) is 0 Å². The van der Waals surface area contributed by atoms with Crippen LogP contribution in [0.2, 0.25) is 0 Å². The second-order valence-electron chi connectivity index (χ2n) is 7.01. The zero-order valence-electron chi connectivity index (χ0n) is 13.9. The van der Waals surface area contributed by atoms with E-state index < -0.39 is 0 Å². The van der Waals surface area contributed by atoms with Crippen LogP contribution >= 0.6 is 0 Å². The number of rotatable bonds is 7. The van der Waals surface area contributed by atoms with Crippen LogP contribution in [-0.2, 0) is 5.41 Å². The van der Waals surface area contributed by atoms with Crippen LogP contribution in [0.4, 0.5) is 0 Å². The van der Waals surface area contributed by atoms with Crippen molar-refractivity contribution in [3.8, 4) is 0 Å². The largest absolute Gasteiger partial charge is 0.309 e. The number of nitrogens with one attached hydrogen (secondary N) is 1. The molecule has 0 saturated heterocycles. The molecular weight excluding hydrogens is 242 g/mol. The average molecular weight is 273 g/mol. The van der Waals surface area contributed by atoms with Gasteiger partial charge in [0.2, 0.25) is 0 Å². The molecule has 0 radical (unpaired) electrons. The highest BCUT2D eigenvalue weighted by atomic mass is 14.5. The second kappa shape index (κ2) is 7.06. The summed E-state index contributed by atoms with van der Waals surface area (Å²) < 4.78 is 0. The third kappa shape index (κ3) is 4.19. The smallest absolute Gasteiger partial charge is 0.0151 e. The van der Waals surface area contributed by atoms with Crippen LogP contribution in [-0.4, -0.2) is 5.71 Å². The van der Waals surface area contributed by atoms with Crippen molar-refractivity contribution in [3.05, 3.63) is 35.9 Å². The normalized spacial score (nSPS) is 14.8. The van der Waals surface area contributed by atoms with Gasteiger partial charge in [-0.2, -0.15) is 0 Å². The third-order valence-electron chi connectivity index (χ3n) is 4.49. The lowest BCUT2D eigenvalue weighted by molar-refractivity contribution is 0.367. The quantitative estimate of drug-likeness (QED) is 0.591. The fraction of sp³-hybridized carbons (Fsp3) is 0.632. The summed E-state index contributed by atoms with van der Waals surface area (Å²) in [6.07, 6.45) is 5.63. The van der Waals surface area contributed by atoms with Crippen molar-refractivity contribution >= 4 is 5.71 Å². The van der Waals surface area contributed by atoms with Crippen LogP contribution in [0.3, 0.4) is 0 Å². The summed E-state index contributed by atoms with van der Waals surface area (Å²) in [5.41, 5.74) is 2.40. The lowest BCUT2D eigenvalue weighted by Crippen LogP contribution is -2.33. The fourth-order valence-corrected chi connectivity index (χ4v) is 2.75. The maximum Gasteiger partial charge on any atom is 0.0151 e. The molecule has 0 fully saturated rings. The number of hydrogen-bond acceptors (Lipinski definition) is 1. The minimum absolute atomic E-state index is 0.0264. The van der Waals surface area contributed by atoms with Crippen LogP contribution in [0.1, 0.15) is 72.3 Å². The van der Waals surface area contributed by atoms with Crippen LogP contribution < -0.4 is 0 Å². The van der Waals surface area contributed by atoms with E-state index in [-0.39, 0.29) is 10.8 Å². The molecule has 1 N–H and O–H groups in total. The van der Waals surface area contributed by atoms with E-state index in [4.69, 9.17) is 5.41 Å². The van der Waals surface area contributed by atoms with Crippen LogP contribution in [0.5, 0.6) is 0 Å². The molecule has 1 aromatic rings. The third-order valence-corrected chi connectivity index (χ3v) is 4.49. The molecule has 0 aliphatic rings. The Hall–Kier alpha value is -1.11. The van der Waals surface area contributed by atoms with Crippen molar-refractivity contribution in [1.29, 1.82) is 5.41 Å². The summed E-state index contributed by atoms with van der Waals surface area (Å²) in [6, 6.07) is 10.8. The standard InChI is InChI=1S/C19H31N/c1-6-8-14-19(7-2,15-17(20)18(3,4)5)16-12-10-9-11-13-16/h9-13,20H,6-8,14-15H2,1-5H3. The van der Waals surface area contributed by atoms with E-state index in [1.54, 1.807) is 0 Å². The summed E-state index contributed by atoms with van der Waals surface area (Å²) in [5, 5.41) is 8.48. The highest BCUT2D eigenvalue weighted by Crippen LogP contribution is 2.39. The first kappa shape index (κ1) is 16.9. The van der Waals surface area contributed by atoms with Gasteiger partial charge in [-0.15, -0.1) is 0 Å². The Bertz CT molecular complexity index is 413. The van der Waals surface area contributed by atoms with Crippen molar-refractivity contribution in [3.63, 3.8) is 0 Å². The Morgan fingerprint density at radius 2 is 1.65 bits per heavy atom. The van der Waals surface area contributed by atoms with Gasteiger partial charge in [-0.05, 0) is 30.2 Å². The fourth-order valence-electron chi connectivity index (χ4n) is 2.75. The topological polar surface area (TPSA) is 23.9 Å². The first-order chi connectivity index (χ1) is 9.35. The molecular formula is C19H31N. The van der Waals surface area contributed by atoms with Gasteiger partial charge in [-0.25, -0.2) is 0 Å². The van der Waals surface area contributed by atoms with Crippen molar-refractivity contribution in [1.82, 2.24) is 0 Å². The molecule has 1 nitrogen and oxygen atoms in total. The van der Waals surface area contributed by atoms with Crippen LogP contribution in [0.15, 0.2) is 30.3 Å². The molecule has 1 heteroatoms. The maximum atomic E-state index is 8.48. The highest BCUT2D eigenvalue weighted by molar-refractivity contribution is 5.87. The Balaban J connectivity index is 3.09. The Morgan fingerprint density at radius 3 is 2.10 bits per heavy atom. The zero-order chi connectivity index (χ0) is 15.2. The van der Waals surface area contributed by atoms with E-state index in [9.17, 15) is 0 Å². The molecule has 0 saturated carbocycles. The van der Waals surface area contributed by atoms with Gasteiger partial charge in [0.1, 0.15) is 0 Å². The second-order valence-corrected chi connectivity index (χ2v) is 7.01. The number of unbranched alkanes of at least 4 members (excludes halogenated alkanes) is 1. The Morgan fingerprint density at radius 1 is 1.05 bits per heavy atom. The van der Waals surface area contributed by atoms with Crippen LogP contribution in [0.25, 0.3) is 0 Å². The Kier molecular flexibility index (Phi) is 5.98. The van der Waals surface area contributed by atoms with E-state index in [1.165, 1.54) is 24.8 Å². The van der Waals surface area contributed by atoms with Crippen molar-refractivity contribution < 1.29 is 0 Å². The summed E-state index contributed by atoms with van der Waals surface area (Å²) in [4.78, 5) is 0. The number of hydrogen-bond donors (Lipinski definition) is 1. The molecule has 0 amide bonds. The van der Waals surface area contributed by atoms with Gasteiger partial charge >= 0.3 is 0 Å². The van der Waals surface area contributed by atoms with Crippen molar-refractivity contribution in [2.75, 3.05) is 0 Å². The SMILES string of the molecule is CCCCC(CC)(CC(=N)C(C)(C)C)c1ccccc1. The van der Waals surface area contributed by atoms with E-state index in [1.807, 2.05) is 0 Å². The summed E-state index contributed by atoms with van der Waals surface area (Å²) in [7, 11) is 0. The molecule has 112 valence electrons. The van der Waals surface area contributed by atoms with Crippen molar-refractivity contribution in [2.45, 2.75) is 72.1 Å². The van der Waals surface area contributed by atoms with Gasteiger partial charge in [0.25, 0.3) is 0 Å². The molecule has 0 aliphatic heterocycles. The van der Waals surface area contributed by atoms with Gasteiger partial charge in [0.05, 0.1) is 0 Å². The molecule has 20 heavy (non-hydrogen) atoms. The molecule has 0 spiro atoms. The van der Waals surface area contributed by atoms with Crippen molar-refractivity contribution in [2.24, 2.45) is 5.41 Å². The summed E-state index contributed by atoms with van der Waals surface area (Å²) in [5.74, 6) is 0. The molecule has 0 bridgehead atoms. The monoisotopic (exact) mass is 273 g/mol. The highest BCUT2D eigenvalue weighted by Gasteiger charge is 2.33. The predicted octanol–water partition coefficient (Wildman–Crippen LogP) is 5.98. The zero-order valence-corrected chi connectivity index (χ0v) is 13.9. The first-order valence-corrected chi connectivity index (χ1v) is 7.99.